The Morgan fingerprint density at radius 3 is 2.18 bits per heavy atom. The number of halogens is 3. The van der Waals surface area contributed by atoms with Crippen LogP contribution in [0.3, 0.4) is 0 Å². The van der Waals surface area contributed by atoms with E-state index in [9.17, 15) is 0 Å². The third-order valence-electron chi connectivity index (χ3n) is 5.73. The quantitative estimate of drug-likeness (QED) is 0.332. The smallest absolute Gasteiger partial charge is 1.00 e. The van der Waals surface area contributed by atoms with Crippen LogP contribution in [0.25, 0.3) is 26.8 Å². The predicted octanol–water partition coefficient (Wildman–Crippen LogP) is -3.01. The van der Waals surface area contributed by atoms with E-state index in [-0.39, 0.29) is 66.4 Å². The number of aromatic nitrogens is 1. The van der Waals surface area contributed by atoms with E-state index in [1.807, 2.05) is 12.4 Å². The van der Waals surface area contributed by atoms with Crippen molar-refractivity contribution in [3.05, 3.63) is 88.8 Å². The molecule has 3 nitrogen and oxygen atoms in total. The zero-order chi connectivity index (χ0) is 19.2. The van der Waals surface area contributed by atoms with Crippen LogP contribution in [0.1, 0.15) is 6.42 Å². The van der Waals surface area contributed by atoms with Gasteiger partial charge in [-0.2, -0.15) is 0 Å². The number of rotatable bonds is 3. The molecule has 2 atom stereocenters. The molecule has 2 aliphatic heterocycles. The standard InChI is InChI=1S/C24H19N3S2.3ClH.Fe/c1-5-16-15-20(17-6-2-12-26-24(17)23(16)25-11-1)27-18(21-7-3-13-28-21)9-10-19(27)22-8-4-14-29-22;;;;/h1-14,23-25H,15H2;3*1H;/q;;;;+3/p-3. The predicted molar refractivity (Wildman–Crippen MR) is 124 cm³/mol. The number of fused-ring (bicyclic) bond motifs is 3. The normalized spacial score (nSPS) is 19.6. The summed E-state index contributed by atoms with van der Waals surface area (Å²) in [4.78, 5) is 7.45. The summed E-state index contributed by atoms with van der Waals surface area (Å²) in [6.07, 6.45) is 13.6. The maximum atomic E-state index is 4.87. The minimum atomic E-state index is 0. The van der Waals surface area contributed by atoms with E-state index in [1.165, 1.54) is 38.0 Å². The van der Waals surface area contributed by atoms with Gasteiger partial charge in [-0.3, -0.25) is 4.99 Å². The molecule has 1 aliphatic carbocycles. The maximum Gasteiger partial charge on any atom is 3.00 e. The first kappa shape index (κ1) is 27.7. The largest absolute Gasteiger partial charge is 3.00 e. The van der Waals surface area contributed by atoms with Crippen molar-refractivity contribution in [2.24, 2.45) is 4.99 Å². The minimum absolute atomic E-state index is 0. The second kappa shape index (κ2) is 11.8. The SMILES string of the molecule is C1=CNC2C(=C1)CC(n1c(-c3cccs3)ccc1-c1cccs1)=C1C=CC=NC12.[Cl-].[Cl-].[Cl-].[Fe+3]. The first-order valence-electron chi connectivity index (χ1n) is 9.74. The summed E-state index contributed by atoms with van der Waals surface area (Å²) in [5, 5.41) is 7.84. The molecule has 6 rings (SSSR count). The van der Waals surface area contributed by atoms with E-state index in [0.29, 0.717) is 0 Å². The van der Waals surface area contributed by atoms with Crippen LogP contribution in [-0.2, 0) is 17.1 Å². The third kappa shape index (κ3) is 4.85. The van der Waals surface area contributed by atoms with E-state index in [4.69, 9.17) is 4.99 Å². The number of aliphatic imine (C=N–C) groups is 1. The fraction of sp³-hybridized carbons (Fsp3) is 0.125. The number of hydrogen-bond acceptors (Lipinski definition) is 4. The van der Waals surface area contributed by atoms with Crippen molar-refractivity contribution in [2.45, 2.75) is 18.5 Å². The van der Waals surface area contributed by atoms with Gasteiger partial charge in [-0.05, 0) is 64.5 Å². The van der Waals surface area contributed by atoms with Crippen LogP contribution in [0.4, 0.5) is 0 Å². The molecule has 0 aromatic carbocycles. The van der Waals surface area contributed by atoms with Crippen molar-refractivity contribution in [1.82, 2.24) is 9.88 Å². The molecule has 9 heteroatoms. The molecule has 0 saturated heterocycles. The molecule has 0 saturated carbocycles. The number of nitrogens with one attached hydrogen (secondary N) is 1. The van der Waals surface area contributed by atoms with Crippen molar-refractivity contribution in [1.29, 1.82) is 0 Å². The van der Waals surface area contributed by atoms with Gasteiger partial charge >= 0.3 is 17.1 Å². The van der Waals surface area contributed by atoms with Gasteiger partial charge in [0.25, 0.3) is 0 Å². The van der Waals surface area contributed by atoms with Crippen LogP contribution in [0.5, 0.6) is 0 Å². The van der Waals surface area contributed by atoms with Crippen LogP contribution in [0.2, 0.25) is 0 Å². The molecular weight excluding hydrogens is 557 g/mol. The Morgan fingerprint density at radius 2 is 1.58 bits per heavy atom. The molecule has 33 heavy (non-hydrogen) atoms. The Bertz CT molecular complexity index is 1170. The number of nitrogens with zero attached hydrogens (tertiary/aromatic N) is 2. The number of thiophene rings is 2. The molecule has 1 radical (unpaired) electrons. The molecule has 171 valence electrons. The Hall–Kier alpha value is -1.50. The molecule has 0 amide bonds. The van der Waals surface area contributed by atoms with Gasteiger partial charge < -0.3 is 47.1 Å². The molecular formula is C24H19Cl3FeN3S2. The topological polar surface area (TPSA) is 29.3 Å². The summed E-state index contributed by atoms with van der Waals surface area (Å²) >= 11 is 3.58. The molecule has 5 heterocycles. The third-order valence-corrected chi connectivity index (χ3v) is 7.51. The van der Waals surface area contributed by atoms with Gasteiger partial charge in [0.1, 0.15) is 6.04 Å². The Morgan fingerprint density at radius 1 is 0.909 bits per heavy atom. The number of dihydropyridines is 2. The van der Waals surface area contributed by atoms with Gasteiger partial charge in [0.15, 0.2) is 0 Å². The van der Waals surface area contributed by atoms with E-state index < -0.39 is 0 Å². The number of allylic oxidation sites excluding steroid dienone is 4. The monoisotopic (exact) mass is 574 g/mol. The molecule has 0 fully saturated rings. The van der Waals surface area contributed by atoms with E-state index in [0.717, 1.165) is 6.42 Å². The van der Waals surface area contributed by atoms with Crippen LogP contribution >= 0.6 is 22.7 Å². The van der Waals surface area contributed by atoms with Crippen molar-refractivity contribution < 1.29 is 54.3 Å². The average molecular weight is 576 g/mol. The summed E-state index contributed by atoms with van der Waals surface area (Å²) in [6, 6.07) is 13.5. The summed E-state index contributed by atoms with van der Waals surface area (Å²) < 4.78 is 2.47. The van der Waals surface area contributed by atoms with E-state index in [1.54, 1.807) is 22.7 Å². The Kier molecular flexibility index (Phi) is 9.89. The Balaban J connectivity index is 0.000000963. The second-order valence-corrected chi connectivity index (χ2v) is 9.22. The van der Waals surface area contributed by atoms with Gasteiger partial charge in [0.05, 0.1) is 27.2 Å². The summed E-state index contributed by atoms with van der Waals surface area (Å²) in [7, 11) is 0. The first-order chi connectivity index (χ1) is 14.4. The minimum Gasteiger partial charge on any atom is -1.00 e. The van der Waals surface area contributed by atoms with Gasteiger partial charge in [-0.15, -0.1) is 22.7 Å². The van der Waals surface area contributed by atoms with Crippen molar-refractivity contribution in [3.8, 4) is 21.1 Å². The summed E-state index contributed by atoms with van der Waals surface area (Å²) in [5.74, 6) is 0. The van der Waals surface area contributed by atoms with Crippen LogP contribution in [-0.4, -0.2) is 22.9 Å². The molecule has 3 aromatic rings. The van der Waals surface area contributed by atoms with Gasteiger partial charge in [0.2, 0.25) is 0 Å². The molecule has 1 N–H and O–H groups in total. The average Bonchev–Trinajstić information content (AvgIpc) is 3.54. The molecule has 0 bridgehead atoms. The first-order valence-corrected chi connectivity index (χ1v) is 11.5. The van der Waals surface area contributed by atoms with Crippen LogP contribution in [0.15, 0.2) is 93.8 Å². The van der Waals surface area contributed by atoms with Gasteiger partial charge in [-0.1, -0.05) is 24.3 Å². The Labute approximate surface area is 230 Å². The zero-order valence-electron chi connectivity index (χ0n) is 17.1. The molecule has 2 unspecified atom stereocenters. The fourth-order valence-electron chi connectivity index (χ4n) is 4.47. The van der Waals surface area contributed by atoms with E-state index in [2.05, 4.69) is 81.3 Å². The summed E-state index contributed by atoms with van der Waals surface area (Å²) in [5.41, 5.74) is 6.55. The van der Waals surface area contributed by atoms with E-state index >= 15 is 0 Å². The second-order valence-electron chi connectivity index (χ2n) is 7.32. The van der Waals surface area contributed by atoms with Gasteiger partial charge in [-0.25, -0.2) is 0 Å². The van der Waals surface area contributed by atoms with Crippen LogP contribution in [0, 0.1) is 0 Å². The maximum absolute atomic E-state index is 4.87. The summed E-state index contributed by atoms with van der Waals surface area (Å²) in [6.45, 7) is 0. The molecule has 0 spiro atoms. The van der Waals surface area contributed by atoms with Crippen LogP contribution < -0.4 is 42.5 Å². The van der Waals surface area contributed by atoms with Gasteiger partial charge in [0, 0.05) is 18.3 Å². The van der Waals surface area contributed by atoms with Crippen molar-refractivity contribution in [2.75, 3.05) is 0 Å². The fourth-order valence-corrected chi connectivity index (χ4v) is 5.95. The zero-order valence-corrected chi connectivity index (χ0v) is 22.1. The van der Waals surface area contributed by atoms with Crippen molar-refractivity contribution in [3.63, 3.8) is 0 Å². The number of hydrogen-bond donors (Lipinski definition) is 1. The molecule has 3 aliphatic rings. The van der Waals surface area contributed by atoms with Crippen molar-refractivity contribution >= 4 is 34.6 Å². The molecule has 3 aromatic heterocycles.